The van der Waals surface area contributed by atoms with Crippen LogP contribution in [-0.4, -0.2) is 24.8 Å². The summed E-state index contributed by atoms with van der Waals surface area (Å²) in [5, 5.41) is 8.92. The zero-order chi connectivity index (χ0) is 13.8. The summed E-state index contributed by atoms with van der Waals surface area (Å²) in [4.78, 5) is 11.5. The Hall–Kier alpha value is -1.80. The molecule has 18 heavy (non-hydrogen) atoms. The number of carbonyl (C=O) groups is 1. The Labute approximate surface area is 107 Å². The molecule has 0 aromatic heterocycles. The fraction of sp³-hybridized carbons (Fsp3) is 0.538. The maximum Gasteiger partial charge on any atom is 0.348 e. The van der Waals surface area contributed by atoms with E-state index in [9.17, 15) is 4.79 Å². The normalized spacial score (nSPS) is 19.3. The summed E-state index contributed by atoms with van der Waals surface area (Å²) in [5.74, 6) is -0.634. The molecule has 1 aliphatic heterocycles. The molecule has 0 aromatic carbocycles. The van der Waals surface area contributed by atoms with E-state index in [1.807, 2.05) is 19.9 Å². The molecule has 1 heterocycles. The van der Waals surface area contributed by atoms with E-state index in [1.165, 1.54) is 6.08 Å². The molecule has 0 spiro atoms. The quantitative estimate of drug-likeness (QED) is 0.465. The van der Waals surface area contributed by atoms with E-state index in [0.29, 0.717) is 24.3 Å². The summed E-state index contributed by atoms with van der Waals surface area (Å²) in [7, 11) is 0. The fourth-order valence-corrected chi connectivity index (χ4v) is 1.64. The van der Waals surface area contributed by atoms with Gasteiger partial charge in [-0.3, -0.25) is 0 Å². The highest BCUT2D eigenvalue weighted by Crippen LogP contribution is 2.26. The Morgan fingerprint density at radius 3 is 2.83 bits per heavy atom. The van der Waals surface area contributed by atoms with Crippen molar-refractivity contribution in [2.75, 3.05) is 13.2 Å². The van der Waals surface area contributed by atoms with Crippen molar-refractivity contribution < 1.29 is 14.3 Å². The zero-order valence-corrected chi connectivity index (χ0v) is 10.9. The maximum absolute atomic E-state index is 11.5. The minimum Gasteiger partial charge on any atom is -0.462 e. The van der Waals surface area contributed by atoms with Gasteiger partial charge in [-0.2, -0.15) is 5.26 Å². The van der Waals surface area contributed by atoms with Crippen LogP contribution < -0.4 is 5.73 Å². The van der Waals surface area contributed by atoms with Gasteiger partial charge >= 0.3 is 5.97 Å². The van der Waals surface area contributed by atoms with E-state index in [1.54, 1.807) is 6.92 Å². The summed E-state index contributed by atoms with van der Waals surface area (Å²) in [6.07, 6.45) is 2.02. The number of esters is 1. The predicted molar refractivity (Wildman–Crippen MR) is 66.2 cm³/mol. The smallest absolute Gasteiger partial charge is 0.348 e. The Kier molecular flexibility index (Phi) is 4.51. The number of nitriles is 1. The number of carbonyl (C=O) groups excluding carboxylic acids is 1. The Bertz CT molecular complexity index is 442. The molecule has 0 amide bonds. The van der Waals surface area contributed by atoms with Crippen LogP contribution in [0.3, 0.4) is 0 Å². The van der Waals surface area contributed by atoms with E-state index in [2.05, 4.69) is 0 Å². The van der Waals surface area contributed by atoms with Crippen LogP contribution in [0.15, 0.2) is 22.9 Å². The lowest BCUT2D eigenvalue weighted by Crippen LogP contribution is -2.33. The highest BCUT2D eigenvalue weighted by atomic mass is 16.5. The molecular weight excluding hydrogens is 232 g/mol. The molecular formula is C13H18N2O3. The van der Waals surface area contributed by atoms with Crippen molar-refractivity contribution in [3.05, 3.63) is 22.9 Å². The first kappa shape index (κ1) is 14.3. The molecule has 1 aliphatic rings. The number of nitrogens with two attached hydrogens (primary N) is 1. The van der Waals surface area contributed by atoms with E-state index < -0.39 is 5.97 Å². The Morgan fingerprint density at radius 2 is 2.33 bits per heavy atom. The van der Waals surface area contributed by atoms with E-state index in [0.717, 1.165) is 0 Å². The summed E-state index contributed by atoms with van der Waals surface area (Å²) in [5.41, 5.74) is 6.87. The highest BCUT2D eigenvalue weighted by Gasteiger charge is 2.26. The van der Waals surface area contributed by atoms with Crippen molar-refractivity contribution in [1.29, 1.82) is 5.26 Å². The predicted octanol–water partition coefficient (Wildman–Crippen LogP) is 1.41. The van der Waals surface area contributed by atoms with Gasteiger partial charge in [-0.05, 0) is 32.4 Å². The van der Waals surface area contributed by atoms with Crippen molar-refractivity contribution in [1.82, 2.24) is 0 Å². The third-order valence-electron chi connectivity index (χ3n) is 2.58. The van der Waals surface area contributed by atoms with Gasteiger partial charge in [0.25, 0.3) is 0 Å². The first-order valence-electron chi connectivity index (χ1n) is 5.80. The second kappa shape index (κ2) is 5.69. The maximum atomic E-state index is 11.5. The molecule has 0 bridgehead atoms. The Morgan fingerprint density at radius 1 is 1.67 bits per heavy atom. The minimum absolute atomic E-state index is 0.0573. The molecule has 0 aliphatic carbocycles. The van der Waals surface area contributed by atoms with Gasteiger partial charge in [0.2, 0.25) is 0 Å². The largest absolute Gasteiger partial charge is 0.462 e. The number of rotatable bonds is 3. The van der Waals surface area contributed by atoms with Gasteiger partial charge in [0.1, 0.15) is 11.6 Å². The second-order valence-electron chi connectivity index (χ2n) is 4.67. The first-order chi connectivity index (χ1) is 8.39. The molecule has 0 saturated heterocycles. The highest BCUT2D eigenvalue weighted by molar-refractivity contribution is 5.93. The molecule has 0 unspecified atom stereocenters. The molecule has 5 heteroatoms. The van der Waals surface area contributed by atoms with Gasteiger partial charge in [-0.1, -0.05) is 0 Å². The minimum atomic E-state index is -0.634. The van der Waals surface area contributed by atoms with Gasteiger partial charge in [-0.15, -0.1) is 0 Å². The molecule has 0 saturated carbocycles. The van der Waals surface area contributed by atoms with Crippen LogP contribution in [0.5, 0.6) is 0 Å². The molecule has 0 aromatic rings. The summed E-state index contributed by atoms with van der Waals surface area (Å²) in [6.45, 7) is 6.10. The van der Waals surface area contributed by atoms with Crippen LogP contribution in [0.4, 0.5) is 0 Å². The third kappa shape index (κ3) is 3.60. The van der Waals surface area contributed by atoms with Crippen molar-refractivity contribution in [2.45, 2.75) is 32.8 Å². The topological polar surface area (TPSA) is 85.3 Å². The monoisotopic (exact) mass is 250 g/mol. The zero-order valence-electron chi connectivity index (χ0n) is 10.9. The lowest BCUT2D eigenvalue weighted by atomic mass is 9.96. The van der Waals surface area contributed by atoms with E-state index in [-0.39, 0.29) is 17.8 Å². The van der Waals surface area contributed by atoms with Gasteiger partial charge in [0.15, 0.2) is 0 Å². The van der Waals surface area contributed by atoms with Gasteiger partial charge in [0, 0.05) is 12.1 Å². The molecule has 2 N–H and O–H groups in total. The lowest BCUT2D eigenvalue weighted by Gasteiger charge is -2.31. The molecule has 98 valence electrons. The molecule has 0 radical (unpaired) electrons. The number of hydrogen-bond acceptors (Lipinski definition) is 5. The Balaban J connectivity index is 2.94. The number of nitrogens with zero attached hydrogens (tertiary/aromatic N) is 1. The van der Waals surface area contributed by atoms with Crippen LogP contribution in [0.2, 0.25) is 0 Å². The molecule has 0 fully saturated rings. The van der Waals surface area contributed by atoms with Crippen molar-refractivity contribution in [3.63, 3.8) is 0 Å². The van der Waals surface area contributed by atoms with Gasteiger partial charge in [0.05, 0.1) is 18.8 Å². The third-order valence-corrected chi connectivity index (χ3v) is 2.58. The van der Waals surface area contributed by atoms with Crippen LogP contribution >= 0.6 is 0 Å². The van der Waals surface area contributed by atoms with E-state index >= 15 is 0 Å². The van der Waals surface area contributed by atoms with Crippen LogP contribution in [0, 0.1) is 11.3 Å². The molecule has 0 atom stereocenters. The standard InChI is InChI=1S/C13H18N2O3/c1-4-17-12(16)9(7-14)5-10-8-18-13(2,3)6-11(10)15/h5H,4,6,8,15H2,1-3H3. The summed E-state index contributed by atoms with van der Waals surface area (Å²) >= 11 is 0. The van der Waals surface area contributed by atoms with Crippen molar-refractivity contribution in [2.24, 2.45) is 5.73 Å². The second-order valence-corrected chi connectivity index (χ2v) is 4.67. The van der Waals surface area contributed by atoms with Crippen molar-refractivity contribution in [3.8, 4) is 6.07 Å². The SMILES string of the molecule is CCOC(=O)C(C#N)=CC1=C(N)CC(C)(C)OC1. The average Bonchev–Trinajstić information content (AvgIpc) is 2.27. The fourth-order valence-electron chi connectivity index (χ4n) is 1.64. The van der Waals surface area contributed by atoms with Crippen LogP contribution in [0.1, 0.15) is 27.2 Å². The van der Waals surface area contributed by atoms with Gasteiger partial charge in [-0.25, -0.2) is 4.79 Å². The number of hydrogen-bond donors (Lipinski definition) is 1. The van der Waals surface area contributed by atoms with Crippen molar-refractivity contribution >= 4 is 5.97 Å². The van der Waals surface area contributed by atoms with Crippen LogP contribution in [0.25, 0.3) is 0 Å². The summed E-state index contributed by atoms with van der Waals surface area (Å²) in [6, 6.07) is 1.82. The summed E-state index contributed by atoms with van der Waals surface area (Å²) < 4.78 is 10.4. The molecule has 1 rings (SSSR count). The van der Waals surface area contributed by atoms with E-state index in [4.69, 9.17) is 20.5 Å². The van der Waals surface area contributed by atoms with Gasteiger partial charge < -0.3 is 15.2 Å². The lowest BCUT2D eigenvalue weighted by molar-refractivity contribution is -0.138. The molecule has 5 nitrogen and oxygen atoms in total. The van der Waals surface area contributed by atoms with Crippen LogP contribution in [-0.2, 0) is 14.3 Å². The number of ether oxygens (including phenoxy) is 2. The first-order valence-corrected chi connectivity index (χ1v) is 5.80. The average molecular weight is 250 g/mol.